The monoisotopic (exact) mass is 414 g/mol. The molecule has 0 radical (unpaired) electrons. The maximum atomic E-state index is 12.6. The summed E-state index contributed by atoms with van der Waals surface area (Å²) in [6.45, 7) is 7.56. The fourth-order valence-electron chi connectivity index (χ4n) is 3.37. The molecule has 0 aliphatic heterocycles. The molecule has 0 amide bonds. The van der Waals surface area contributed by atoms with Crippen LogP contribution >= 0.6 is 11.6 Å². The number of rotatable bonds is 7. The van der Waals surface area contributed by atoms with Crippen molar-refractivity contribution in [2.75, 3.05) is 6.61 Å². The van der Waals surface area contributed by atoms with E-state index in [1.54, 1.807) is 13.8 Å². The van der Waals surface area contributed by atoms with Crippen LogP contribution in [-0.2, 0) is 17.7 Å². The molecule has 2 heterocycles. The van der Waals surface area contributed by atoms with Gasteiger partial charge < -0.3 is 13.8 Å². The number of ether oxygens (including phenoxy) is 1. The van der Waals surface area contributed by atoms with Gasteiger partial charge in [0.2, 0.25) is 5.78 Å². The lowest BCUT2D eigenvalue weighted by atomic mass is 10.1. The first kappa shape index (κ1) is 20.9. The van der Waals surface area contributed by atoms with E-state index in [0.717, 1.165) is 24.4 Å². The summed E-state index contributed by atoms with van der Waals surface area (Å²) in [5, 5.41) is 4.44. The molecule has 0 N–H and O–H groups in total. The number of Topliss-reactive ketones (excluding diaryl/α,β-unsaturated/α-hetero) is 1. The van der Waals surface area contributed by atoms with Crippen molar-refractivity contribution in [3.05, 3.63) is 74.9 Å². The van der Waals surface area contributed by atoms with Gasteiger partial charge in [0.1, 0.15) is 11.3 Å². The summed E-state index contributed by atoms with van der Waals surface area (Å²) in [5.74, 6) is -0.470. The molecule has 2 aromatic heterocycles. The smallest absolute Gasteiger partial charge is 0.344 e. The second-order valence-electron chi connectivity index (χ2n) is 7.01. The van der Waals surface area contributed by atoms with E-state index in [1.807, 2.05) is 44.2 Å². The number of hydrogen-bond donors (Lipinski definition) is 0. The Hall–Kier alpha value is -2.86. The van der Waals surface area contributed by atoms with Crippen molar-refractivity contribution in [3.8, 4) is 0 Å². The predicted molar refractivity (Wildman–Crippen MR) is 110 cm³/mol. The number of halogens is 1. The van der Waals surface area contributed by atoms with Crippen molar-refractivity contribution in [3.63, 3.8) is 0 Å². The molecular weight excluding hydrogens is 392 g/mol. The highest BCUT2D eigenvalue weighted by Gasteiger charge is 2.22. The van der Waals surface area contributed by atoms with Gasteiger partial charge in [0.15, 0.2) is 6.61 Å². The summed E-state index contributed by atoms with van der Waals surface area (Å²) in [6, 6.07) is 9.57. The molecule has 152 valence electrons. The van der Waals surface area contributed by atoms with Crippen molar-refractivity contribution in [1.29, 1.82) is 0 Å². The maximum absolute atomic E-state index is 12.6. The third kappa shape index (κ3) is 4.59. The minimum Gasteiger partial charge on any atom is -0.454 e. The van der Waals surface area contributed by atoms with Gasteiger partial charge in [-0.15, -0.1) is 0 Å². The van der Waals surface area contributed by atoms with Gasteiger partial charge in [0.25, 0.3) is 0 Å². The van der Waals surface area contributed by atoms with E-state index in [-0.39, 0.29) is 18.0 Å². The standard InChI is InChI=1S/C22H23ClN2O4/c1-13-11-19(15(3)25(13)10-9-17-5-7-18(23)8-6-17)20(26)12-28-22(27)21-14(2)24-29-16(21)4/h5-8,11H,9-10,12H2,1-4H3. The van der Waals surface area contributed by atoms with Crippen LogP contribution < -0.4 is 0 Å². The number of ketones is 1. The van der Waals surface area contributed by atoms with Gasteiger partial charge >= 0.3 is 5.97 Å². The van der Waals surface area contributed by atoms with Crippen LogP contribution in [0.2, 0.25) is 5.02 Å². The first-order valence-corrected chi connectivity index (χ1v) is 9.70. The van der Waals surface area contributed by atoms with Gasteiger partial charge in [-0.2, -0.15) is 0 Å². The lowest BCUT2D eigenvalue weighted by molar-refractivity contribution is 0.0472. The van der Waals surface area contributed by atoms with Crippen molar-refractivity contribution in [2.24, 2.45) is 0 Å². The van der Waals surface area contributed by atoms with E-state index >= 15 is 0 Å². The van der Waals surface area contributed by atoms with E-state index in [9.17, 15) is 9.59 Å². The summed E-state index contributed by atoms with van der Waals surface area (Å²) in [4.78, 5) is 24.9. The number of hydrogen-bond acceptors (Lipinski definition) is 5. The SMILES string of the molecule is Cc1noc(C)c1C(=O)OCC(=O)c1cc(C)n(CCc2ccc(Cl)cc2)c1C. The third-order valence-electron chi connectivity index (χ3n) is 4.98. The number of aromatic nitrogens is 2. The van der Waals surface area contributed by atoms with E-state index < -0.39 is 5.97 Å². The number of nitrogens with zero attached hydrogens (tertiary/aromatic N) is 2. The summed E-state index contributed by atoms with van der Waals surface area (Å²) < 4.78 is 12.3. The predicted octanol–water partition coefficient (Wildman–Crippen LogP) is 4.65. The fourth-order valence-corrected chi connectivity index (χ4v) is 3.50. The Morgan fingerprint density at radius 1 is 1.14 bits per heavy atom. The highest BCUT2D eigenvalue weighted by Crippen LogP contribution is 2.19. The Bertz CT molecular complexity index is 1030. The summed E-state index contributed by atoms with van der Waals surface area (Å²) in [7, 11) is 0. The average Bonchev–Trinajstić information content (AvgIpc) is 3.17. The number of benzene rings is 1. The summed E-state index contributed by atoms with van der Waals surface area (Å²) in [5.41, 5.74) is 4.28. The van der Waals surface area contributed by atoms with Crippen molar-refractivity contribution < 1.29 is 18.8 Å². The molecule has 0 saturated carbocycles. The number of carbonyl (C=O) groups is 2. The van der Waals surface area contributed by atoms with Crippen molar-refractivity contribution in [1.82, 2.24) is 9.72 Å². The minimum atomic E-state index is -0.605. The van der Waals surface area contributed by atoms with Gasteiger partial charge in [0.05, 0.1) is 5.69 Å². The molecule has 6 nitrogen and oxygen atoms in total. The molecule has 0 saturated heterocycles. The van der Waals surface area contributed by atoms with E-state index in [2.05, 4.69) is 9.72 Å². The summed E-state index contributed by atoms with van der Waals surface area (Å²) >= 11 is 5.93. The molecule has 0 spiro atoms. The quantitative estimate of drug-likeness (QED) is 0.415. The van der Waals surface area contributed by atoms with Crippen LogP contribution in [0.15, 0.2) is 34.9 Å². The molecule has 1 aromatic carbocycles. The van der Waals surface area contributed by atoms with Gasteiger partial charge in [-0.3, -0.25) is 4.79 Å². The van der Waals surface area contributed by atoms with E-state index in [4.69, 9.17) is 20.9 Å². The van der Waals surface area contributed by atoms with Crippen molar-refractivity contribution in [2.45, 2.75) is 40.7 Å². The first-order valence-electron chi connectivity index (χ1n) is 9.32. The van der Waals surface area contributed by atoms with Crippen LogP contribution in [0.1, 0.15) is 49.1 Å². The molecule has 0 atom stereocenters. The molecule has 0 bridgehead atoms. The number of aryl methyl sites for hydroxylation is 4. The van der Waals surface area contributed by atoms with Gasteiger partial charge in [-0.05, 0) is 57.9 Å². The van der Waals surface area contributed by atoms with Gasteiger partial charge in [0, 0.05) is 28.5 Å². The van der Waals surface area contributed by atoms with Crippen LogP contribution in [-0.4, -0.2) is 28.1 Å². The molecular formula is C22H23ClN2O4. The Balaban J connectivity index is 1.66. The molecule has 29 heavy (non-hydrogen) atoms. The van der Waals surface area contributed by atoms with E-state index in [0.29, 0.717) is 22.0 Å². The molecule has 3 aromatic rings. The Labute approximate surface area is 174 Å². The van der Waals surface area contributed by atoms with Crippen LogP contribution in [0.4, 0.5) is 0 Å². The maximum Gasteiger partial charge on any atom is 0.344 e. The zero-order valence-electron chi connectivity index (χ0n) is 16.9. The number of esters is 1. The molecule has 0 fully saturated rings. The first-order chi connectivity index (χ1) is 13.8. The van der Waals surface area contributed by atoms with Crippen molar-refractivity contribution >= 4 is 23.4 Å². The zero-order chi connectivity index (χ0) is 21.1. The Kier molecular flexibility index (Phi) is 6.23. The highest BCUT2D eigenvalue weighted by molar-refractivity contribution is 6.30. The lowest BCUT2D eigenvalue weighted by Gasteiger charge is -2.10. The van der Waals surface area contributed by atoms with Gasteiger partial charge in [-0.1, -0.05) is 28.9 Å². The zero-order valence-corrected chi connectivity index (χ0v) is 17.7. The molecule has 0 aliphatic rings. The second-order valence-corrected chi connectivity index (χ2v) is 7.45. The third-order valence-corrected chi connectivity index (χ3v) is 5.24. The van der Waals surface area contributed by atoms with Crippen LogP contribution in [0.5, 0.6) is 0 Å². The molecule has 7 heteroatoms. The Morgan fingerprint density at radius 3 is 2.45 bits per heavy atom. The molecule has 3 rings (SSSR count). The fraction of sp³-hybridized carbons (Fsp3) is 0.318. The largest absolute Gasteiger partial charge is 0.454 e. The van der Waals surface area contributed by atoms with Gasteiger partial charge in [-0.25, -0.2) is 4.79 Å². The van der Waals surface area contributed by atoms with E-state index in [1.165, 1.54) is 5.56 Å². The van der Waals surface area contributed by atoms with Crippen LogP contribution in [0, 0.1) is 27.7 Å². The summed E-state index contributed by atoms with van der Waals surface area (Å²) in [6.07, 6.45) is 0.822. The van der Waals surface area contributed by atoms with Crippen LogP contribution in [0.25, 0.3) is 0 Å². The lowest BCUT2D eigenvalue weighted by Crippen LogP contribution is -2.16. The number of carbonyl (C=O) groups excluding carboxylic acids is 2. The highest BCUT2D eigenvalue weighted by atomic mass is 35.5. The second kappa shape index (κ2) is 8.66. The Morgan fingerprint density at radius 2 is 1.83 bits per heavy atom. The molecule has 0 aliphatic carbocycles. The minimum absolute atomic E-state index is 0.240. The normalized spacial score (nSPS) is 10.9. The van der Waals surface area contributed by atoms with Crippen LogP contribution in [0.3, 0.4) is 0 Å². The molecule has 0 unspecified atom stereocenters. The topological polar surface area (TPSA) is 74.3 Å². The average molecular weight is 415 g/mol.